The van der Waals surface area contributed by atoms with E-state index >= 15 is 0 Å². The van der Waals surface area contributed by atoms with Crippen molar-refractivity contribution in [1.29, 1.82) is 0 Å². The number of carbonyl (C=O) groups is 2. The third kappa shape index (κ3) is 4.72. The highest BCUT2D eigenvalue weighted by Crippen LogP contribution is 2.36. The van der Waals surface area contributed by atoms with Crippen LogP contribution in [0.15, 0.2) is 18.2 Å². The molecule has 2 heterocycles. The fraction of sp³-hybridized carbons (Fsp3) is 0.474. The van der Waals surface area contributed by atoms with Crippen LogP contribution < -0.4 is 16.1 Å². The van der Waals surface area contributed by atoms with E-state index in [1.54, 1.807) is 16.8 Å². The van der Waals surface area contributed by atoms with Crippen LogP contribution >= 0.6 is 0 Å². The highest BCUT2D eigenvalue weighted by Gasteiger charge is 2.37. The summed E-state index contributed by atoms with van der Waals surface area (Å²) in [6, 6.07) is 5.30. The Balaban J connectivity index is 1.70. The van der Waals surface area contributed by atoms with Gasteiger partial charge in [0.25, 0.3) is 0 Å². The van der Waals surface area contributed by atoms with E-state index in [1.807, 2.05) is 6.07 Å². The van der Waals surface area contributed by atoms with Gasteiger partial charge >= 0.3 is 7.12 Å². The van der Waals surface area contributed by atoms with E-state index < -0.39 is 12.9 Å². The van der Waals surface area contributed by atoms with E-state index in [2.05, 4.69) is 10.3 Å². The zero-order valence-electron chi connectivity index (χ0n) is 16.5. The smallest absolute Gasteiger partial charge is 0.526 e. The molecule has 0 saturated carbocycles. The summed E-state index contributed by atoms with van der Waals surface area (Å²) in [7, 11) is -1.15. The predicted molar refractivity (Wildman–Crippen MR) is 107 cm³/mol. The summed E-state index contributed by atoms with van der Waals surface area (Å²) in [5, 5.41) is 18.5. The van der Waals surface area contributed by atoms with Gasteiger partial charge in [0.2, 0.25) is 0 Å². The second kappa shape index (κ2) is 9.30. The standard InChI is InChI=1S/C19H26BN5O4/c1-12(26)16-5-2-4-13-8-14(20(28)29-19(13)16)9-15(27)11-25-18(6-3-7-21)17(10-22)23-24-25/h2,4-5,14,28H,3,6-11,21-22H2,1H3/t14-/m1/s1. The molecule has 0 aliphatic carbocycles. The van der Waals surface area contributed by atoms with Crippen LogP contribution in [0.2, 0.25) is 5.82 Å². The van der Waals surface area contributed by atoms with Gasteiger partial charge in [0.05, 0.1) is 17.0 Å². The number of carbonyl (C=O) groups excluding carboxylic acids is 2. The zero-order valence-corrected chi connectivity index (χ0v) is 16.5. The lowest BCUT2D eigenvalue weighted by atomic mass is 9.64. The number of fused-ring (bicyclic) bond motifs is 1. The Kier molecular flexibility index (Phi) is 6.78. The van der Waals surface area contributed by atoms with Crippen molar-refractivity contribution in [1.82, 2.24) is 15.0 Å². The Hall–Kier alpha value is -2.56. The predicted octanol–water partition coefficient (Wildman–Crippen LogP) is 0.276. The molecule has 0 saturated heterocycles. The minimum atomic E-state index is -1.15. The first-order chi connectivity index (χ1) is 13.9. The van der Waals surface area contributed by atoms with Crippen LogP contribution in [-0.2, 0) is 30.7 Å². The Bertz CT molecular complexity index is 901. The minimum Gasteiger partial charge on any atom is -0.535 e. The van der Waals surface area contributed by atoms with Gasteiger partial charge in [0.15, 0.2) is 11.6 Å². The fourth-order valence-corrected chi connectivity index (χ4v) is 3.66. The molecule has 9 nitrogen and oxygen atoms in total. The number of hydrogen-bond donors (Lipinski definition) is 3. The lowest BCUT2D eigenvalue weighted by Gasteiger charge is -2.28. The van der Waals surface area contributed by atoms with Crippen LogP contribution in [0, 0.1) is 0 Å². The highest BCUT2D eigenvalue weighted by atomic mass is 16.5. The number of nitrogens with two attached hydrogens (primary N) is 2. The number of nitrogens with zero attached hydrogens (tertiary/aromatic N) is 3. The topological polar surface area (TPSA) is 146 Å². The second-order valence-electron chi connectivity index (χ2n) is 7.30. The van der Waals surface area contributed by atoms with Gasteiger partial charge in [-0.25, -0.2) is 4.68 Å². The summed E-state index contributed by atoms with van der Waals surface area (Å²) in [5.74, 6) is -0.215. The molecule has 10 heteroatoms. The van der Waals surface area contributed by atoms with Crippen molar-refractivity contribution in [3.63, 3.8) is 0 Å². The van der Waals surface area contributed by atoms with Crippen LogP contribution in [0.5, 0.6) is 5.75 Å². The molecule has 154 valence electrons. The largest absolute Gasteiger partial charge is 0.535 e. The van der Waals surface area contributed by atoms with Crippen molar-refractivity contribution >= 4 is 18.7 Å². The molecule has 29 heavy (non-hydrogen) atoms. The molecule has 5 N–H and O–H groups in total. The van der Waals surface area contributed by atoms with Crippen molar-refractivity contribution < 1.29 is 19.3 Å². The first-order valence-electron chi connectivity index (χ1n) is 9.75. The molecule has 3 rings (SSSR count). The van der Waals surface area contributed by atoms with Crippen LogP contribution in [0.25, 0.3) is 0 Å². The van der Waals surface area contributed by atoms with Gasteiger partial charge < -0.3 is 21.1 Å². The molecular weight excluding hydrogens is 373 g/mol. The van der Waals surface area contributed by atoms with Crippen LogP contribution in [-0.4, -0.2) is 45.2 Å². The van der Waals surface area contributed by atoms with Crippen molar-refractivity contribution in [3.05, 3.63) is 40.7 Å². The number of para-hydroxylation sites is 1. The summed E-state index contributed by atoms with van der Waals surface area (Å²) >= 11 is 0. The number of aromatic nitrogens is 3. The molecule has 0 fully saturated rings. The van der Waals surface area contributed by atoms with Gasteiger partial charge in [0, 0.05) is 18.8 Å². The Morgan fingerprint density at radius 2 is 2.17 bits per heavy atom. The SMILES string of the molecule is CC(=O)c1cccc2c1OB(O)[C@@H](CC(=O)Cn1nnc(CN)c1CCCN)C2. The second-order valence-corrected chi connectivity index (χ2v) is 7.30. The van der Waals surface area contributed by atoms with Gasteiger partial charge in [-0.3, -0.25) is 9.59 Å². The lowest BCUT2D eigenvalue weighted by molar-refractivity contribution is -0.120. The maximum absolute atomic E-state index is 12.7. The average molecular weight is 399 g/mol. The van der Waals surface area contributed by atoms with E-state index in [9.17, 15) is 14.6 Å². The molecule has 0 unspecified atom stereocenters. The molecule has 1 aromatic heterocycles. The van der Waals surface area contributed by atoms with Crippen LogP contribution in [0.1, 0.15) is 47.1 Å². The van der Waals surface area contributed by atoms with Crippen molar-refractivity contribution in [2.75, 3.05) is 6.54 Å². The molecule has 1 atom stereocenters. The number of benzene rings is 1. The van der Waals surface area contributed by atoms with E-state index in [-0.39, 0.29) is 31.1 Å². The van der Waals surface area contributed by atoms with Crippen molar-refractivity contribution in [2.24, 2.45) is 11.5 Å². The maximum Gasteiger partial charge on any atom is 0.526 e. The summed E-state index contributed by atoms with van der Waals surface area (Å²) in [6.07, 6.45) is 1.98. The molecule has 1 aromatic carbocycles. The minimum absolute atomic E-state index is 0.0521. The lowest BCUT2D eigenvalue weighted by Crippen LogP contribution is -2.36. The van der Waals surface area contributed by atoms with Gasteiger partial charge in [-0.15, -0.1) is 5.10 Å². The molecule has 0 radical (unpaired) electrons. The van der Waals surface area contributed by atoms with Gasteiger partial charge in [-0.2, -0.15) is 0 Å². The number of rotatable bonds is 9. The third-order valence-corrected chi connectivity index (χ3v) is 5.14. The zero-order chi connectivity index (χ0) is 21.0. The summed E-state index contributed by atoms with van der Waals surface area (Å²) < 4.78 is 7.17. The quantitative estimate of drug-likeness (QED) is 0.402. The van der Waals surface area contributed by atoms with E-state index in [0.29, 0.717) is 36.4 Å². The Morgan fingerprint density at radius 3 is 2.86 bits per heavy atom. The maximum atomic E-state index is 12.7. The van der Waals surface area contributed by atoms with Gasteiger partial charge in [-0.05, 0) is 44.4 Å². The van der Waals surface area contributed by atoms with Crippen molar-refractivity contribution in [3.8, 4) is 5.75 Å². The van der Waals surface area contributed by atoms with E-state index in [0.717, 1.165) is 17.7 Å². The van der Waals surface area contributed by atoms with Gasteiger partial charge in [-0.1, -0.05) is 17.3 Å². The van der Waals surface area contributed by atoms with Crippen molar-refractivity contribution in [2.45, 2.75) is 51.5 Å². The highest BCUT2D eigenvalue weighted by molar-refractivity contribution is 6.47. The molecule has 0 amide bonds. The first-order valence-corrected chi connectivity index (χ1v) is 9.75. The molecule has 1 aliphatic heterocycles. The molecule has 1 aliphatic rings. The normalized spacial score (nSPS) is 15.7. The number of hydrogen-bond acceptors (Lipinski definition) is 8. The summed E-state index contributed by atoms with van der Waals surface area (Å²) in [6.45, 7) is 2.28. The Labute approximate surface area is 169 Å². The van der Waals surface area contributed by atoms with Crippen LogP contribution in [0.4, 0.5) is 0 Å². The van der Waals surface area contributed by atoms with E-state index in [4.69, 9.17) is 16.1 Å². The first kappa shape index (κ1) is 21.2. The third-order valence-electron chi connectivity index (χ3n) is 5.14. The molecule has 2 aromatic rings. The van der Waals surface area contributed by atoms with E-state index in [1.165, 1.54) is 6.92 Å². The monoisotopic (exact) mass is 399 g/mol. The van der Waals surface area contributed by atoms with Crippen LogP contribution in [0.3, 0.4) is 0 Å². The average Bonchev–Trinajstić information content (AvgIpc) is 3.07. The number of Topliss-reactive ketones (excluding diaryl/α,β-unsaturated/α-hetero) is 2. The summed E-state index contributed by atoms with van der Waals surface area (Å²) in [5.41, 5.74) is 14.0. The number of ketones is 2. The molecule has 0 bridgehead atoms. The molecular formula is C19H26BN5O4. The Morgan fingerprint density at radius 1 is 1.38 bits per heavy atom. The van der Waals surface area contributed by atoms with Gasteiger partial charge in [0.1, 0.15) is 12.3 Å². The fourth-order valence-electron chi connectivity index (χ4n) is 3.66. The molecule has 0 spiro atoms. The summed E-state index contributed by atoms with van der Waals surface area (Å²) in [4.78, 5) is 24.4.